The molecule has 2 aromatic heterocycles. The van der Waals surface area contributed by atoms with Gasteiger partial charge in [0.05, 0.1) is 28.7 Å². The molecule has 0 radical (unpaired) electrons. The molecule has 0 atom stereocenters. The number of rotatable bonds is 4. The van der Waals surface area contributed by atoms with Crippen LogP contribution >= 0.6 is 11.6 Å². The summed E-state index contributed by atoms with van der Waals surface area (Å²) >= 11 is 6.11. The van der Waals surface area contributed by atoms with E-state index in [1.807, 2.05) is 97.1 Å². The van der Waals surface area contributed by atoms with E-state index < -0.39 is 0 Å². The number of fused-ring (bicyclic) bond motifs is 1. The van der Waals surface area contributed by atoms with Crippen molar-refractivity contribution in [3.63, 3.8) is 0 Å². The zero-order valence-electron chi connectivity index (χ0n) is 25.4. The van der Waals surface area contributed by atoms with Gasteiger partial charge in [0, 0.05) is 58.0 Å². The van der Waals surface area contributed by atoms with E-state index in [-0.39, 0.29) is 18.0 Å². The lowest BCUT2D eigenvalue weighted by Gasteiger charge is -2.18. The van der Waals surface area contributed by atoms with Crippen LogP contribution in [0.4, 0.5) is 5.69 Å². The van der Waals surface area contributed by atoms with Crippen molar-refractivity contribution in [3.05, 3.63) is 172 Å². The molecule has 0 aliphatic carbocycles. The van der Waals surface area contributed by atoms with E-state index in [0.29, 0.717) is 21.7 Å². The Bertz CT molecular complexity index is 2190. The first-order valence-corrected chi connectivity index (χ1v) is 15.2. The van der Waals surface area contributed by atoms with Crippen LogP contribution < -0.4 is 10.5 Å². The number of nitrogens with zero attached hydrogens (tertiary/aromatic N) is 5. The van der Waals surface area contributed by atoms with Crippen LogP contribution in [0.1, 0.15) is 16.7 Å². The summed E-state index contributed by atoms with van der Waals surface area (Å²) in [6, 6.07) is 41.6. The SMILES string of the molecule is CN1C(=O)CN=C(c2ccccc2)c2cc(Cl)ccc21.N#Cc1ccccc1-c1cc(-c2ccccn2)cn(-c2ccccc2)c1=O. The smallest absolute Gasteiger partial charge is 0.263 e. The van der Waals surface area contributed by atoms with Gasteiger partial charge in [-0.1, -0.05) is 84.4 Å². The van der Waals surface area contributed by atoms with Crippen molar-refractivity contribution >= 4 is 28.9 Å². The molecule has 0 saturated heterocycles. The molecule has 228 valence electrons. The molecule has 1 aliphatic heterocycles. The summed E-state index contributed by atoms with van der Waals surface area (Å²) in [6.45, 7) is 0.146. The minimum Gasteiger partial charge on any atom is -0.313 e. The van der Waals surface area contributed by atoms with Gasteiger partial charge < -0.3 is 4.90 Å². The molecule has 0 bridgehead atoms. The van der Waals surface area contributed by atoms with Gasteiger partial charge in [0.25, 0.3) is 5.56 Å². The molecule has 47 heavy (non-hydrogen) atoms. The second-order valence-electron chi connectivity index (χ2n) is 10.7. The maximum Gasteiger partial charge on any atom is 0.263 e. The van der Waals surface area contributed by atoms with Crippen molar-refractivity contribution in [3.8, 4) is 34.1 Å². The Morgan fingerprint density at radius 2 is 1.45 bits per heavy atom. The van der Waals surface area contributed by atoms with E-state index in [0.717, 1.165) is 39.5 Å². The number of aliphatic imine (C=N–C) groups is 1. The second kappa shape index (κ2) is 13.9. The number of benzodiazepines with no additional fused rings is 1. The molecule has 1 aliphatic rings. The van der Waals surface area contributed by atoms with Crippen molar-refractivity contribution < 1.29 is 4.79 Å². The number of aromatic nitrogens is 2. The van der Waals surface area contributed by atoms with E-state index in [1.54, 1.807) is 59.2 Å². The van der Waals surface area contributed by atoms with E-state index in [2.05, 4.69) is 16.0 Å². The van der Waals surface area contributed by atoms with Crippen molar-refractivity contribution in [2.24, 2.45) is 4.99 Å². The van der Waals surface area contributed by atoms with Crippen LogP contribution in [-0.4, -0.2) is 34.8 Å². The third-order valence-corrected chi connectivity index (χ3v) is 7.95. The molecule has 1 amide bonds. The van der Waals surface area contributed by atoms with Crippen LogP contribution in [-0.2, 0) is 4.79 Å². The number of nitriles is 1. The zero-order valence-corrected chi connectivity index (χ0v) is 26.2. The standard InChI is InChI=1S/C23H15N3O.C16H13ClN2O/c24-15-17-8-4-5-11-20(17)21-14-18(22-12-6-7-13-25-22)16-26(23(21)27)19-9-2-1-3-10-19;1-19-14-8-7-12(17)9-13(14)16(18-10-15(19)20)11-5-3-2-4-6-11/h1-14,16H;2-9H,10H2,1H3. The third-order valence-electron chi connectivity index (χ3n) is 7.72. The quantitative estimate of drug-likeness (QED) is 0.200. The number of pyridine rings is 2. The first kappa shape index (κ1) is 30.9. The first-order chi connectivity index (χ1) is 22.9. The van der Waals surface area contributed by atoms with Crippen LogP contribution in [0.25, 0.3) is 28.1 Å². The molecule has 6 aromatic rings. The summed E-state index contributed by atoms with van der Waals surface area (Å²) in [5, 5.41) is 10.1. The van der Waals surface area contributed by atoms with Gasteiger partial charge >= 0.3 is 0 Å². The summed E-state index contributed by atoms with van der Waals surface area (Å²) in [5.41, 5.74) is 7.22. The fraction of sp³-hybridized carbons (Fsp3) is 0.0513. The third kappa shape index (κ3) is 6.64. The van der Waals surface area contributed by atoms with Gasteiger partial charge in [-0.25, -0.2) is 0 Å². The number of benzene rings is 4. The maximum absolute atomic E-state index is 13.3. The molecule has 4 aromatic carbocycles. The summed E-state index contributed by atoms with van der Waals surface area (Å²) in [4.78, 5) is 35.8. The Hall–Kier alpha value is -6.10. The Balaban J connectivity index is 0.000000172. The van der Waals surface area contributed by atoms with Gasteiger partial charge in [-0.2, -0.15) is 5.26 Å². The summed E-state index contributed by atoms with van der Waals surface area (Å²) in [6.07, 6.45) is 3.51. The minimum atomic E-state index is -0.177. The van der Waals surface area contributed by atoms with Crippen molar-refractivity contribution in [1.82, 2.24) is 9.55 Å². The molecule has 0 unspecified atom stereocenters. The Morgan fingerprint density at radius 1 is 0.745 bits per heavy atom. The Labute approximate surface area is 277 Å². The van der Waals surface area contributed by atoms with Gasteiger partial charge in [-0.3, -0.25) is 24.1 Å². The summed E-state index contributed by atoms with van der Waals surface area (Å²) in [7, 11) is 1.76. The molecular weight excluding hydrogens is 606 g/mol. The highest BCUT2D eigenvalue weighted by atomic mass is 35.5. The van der Waals surface area contributed by atoms with Gasteiger partial charge in [0.1, 0.15) is 6.54 Å². The number of likely N-dealkylation sites (N-methyl/N-ethyl adjacent to an activating group) is 1. The van der Waals surface area contributed by atoms with Crippen LogP contribution in [0.3, 0.4) is 0 Å². The molecule has 0 saturated carbocycles. The first-order valence-electron chi connectivity index (χ1n) is 14.8. The highest BCUT2D eigenvalue weighted by Gasteiger charge is 2.22. The fourth-order valence-corrected chi connectivity index (χ4v) is 5.52. The second-order valence-corrected chi connectivity index (χ2v) is 11.1. The average Bonchev–Trinajstić information content (AvgIpc) is 3.24. The van der Waals surface area contributed by atoms with E-state index in [9.17, 15) is 14.9 Å². The predicted octanol–water partition coefficient (Wildman–Crippen LogP) is 7.59. The summed E-state index contributed by atoms with van der Waals surface area (Å²) < 4.78 is 1.60. The number of hydrogen-bond acceptors (Lipinski definition) is 5. The molecular formula is C39H28ClN5O2. The molecule has 0 spiro atoms. The van der Waals surface area contributed by atoms with Crippen molar-refractivity contribution in [2.45, 2.75) is 0 Å². The van der Waals surface area contributed by atoms with Crippen molar-refractivity contribution in [1.29, 1.82) is 5.26 Å². The molecule has 0 N–H and O–H groups in total. The number of amides is 1. The van der Waals surface area contributed by atoms with Gasteiger partial charge in [0.15, 0.2) is 0 Å². The summed E-state index contributed by atoms with van der Waals surface area (Å²) in [5.74, 6) is -0.0282. The number of anilines is 1. The van der Waals surface area contributed by atoms with E-state index >= 15 is 0 Å². The molecule has 7 nitrogen and oxygen atoms in total. The zero-order chi connectivity index (χ0) is 32.8. The fourth-order valence-electron chi connectivity index (χ4n) is 5.35. The average molecular weight is 634 g/mol. The lowest BCUT2D eigenvalue weighted by molar-refractivity contribution is -0.116. The van der Waals surface area contributed by atoms with Gasteiger partial charge in [-0.05, 0) is 54.6 Å². The number of para-hydroxylation sites is 1. The number of halogens is 1. The largest absolute Gasteiger partial charge is 0.313 e. The topological polar surface area (TPSA) is 91.3 Å². The van der Waals surface area contributed by atoms with E-state index in [4.69, 9.17) is 11.6 Å². The molecule has 3 heterocycles. The van der Waals surface area contributed by atoms with Crippen molar-refractivity contribution in [2.75, 3.05) is 18.5 Å². The number of carbonyl (C=O) groups excluding carboxylic acids is 1. The van der Waals surface area contributed by atoms with E-state index in [1.165, 1.54) is 0 Å². The molecule has 0 fully saturated rings. The molecule has 8 heteroatoms. The lowest BCUT2D eigenvalue weighted by Crippen LogP contribution is -2.27. The highest BCUT2D eigenvalue weighted by Crippen LogP contribution is 2.29. The Kier molecular flexibility index (Phi) is 9.14. The maximum atomic E-state index is 13.3. The normalized spacial score (nSPS) is 12.1. The van der Waals surface area contributed by atoms with Crippen LogP contribution in [0.15, 0.2) is 150 Å². The van der Waals surface area contributed by atoms with Crippen LogP contribution in [0.5, 0.6) is 0 Å². The van der Waals surface area contributed by atoms with Crippen LogP contribution in [0.2, 0.25) is 5.02 Å². The van der Waals surface area contributed by atoms with Gasteiger partial charge in [-0.15, -0.1) is 0 Å². The minimum absolute atomic E-state index is 0.0282. The predicted molar refractivity (Wildman–Crippen MR) is 187 cm³/mol. The monoisotopic (exact) mass is 633 g/mol. The Morgan fingerprint density at radius 3 is 2.17 bits per heavy atom. The lowest BCUT2D eigenvalue weighted by atomic mass is 9.99. The molecule has 7 rings (SSSR count). The number of hydrogen-bond donors (Lipinski definition) is 0. The van der Waals surface area contributed by atoms with Crippen LogP contribution in [0, 0.1) is 11.3 Å². The highest BCUT2D eigenvalue weighted by molar-refractivity contribution is 6.32. The van der Waals surface area contributed by atoms with Gasteiger partial charge in [0.2, 0.25) is 5.91 Å². The number of carbonyl (C=O) groups is 1.